The van der Waals surface area contributed by atoms with Crippen LogP contribution in [0.1, 0.15) is 30.1 Å². The number of likely N-dealkylation sites (tertiary alicyclic amines) is 1. The number of nitrogens with zero attached hydrogens (tertiary/aromatic N) is 3. The molecular weight excluding hydrogens is 278 g/mol. The normalized spacial score (nSPS) is 17.5. The van der Waals surface area contributed by atoms with E-state index in [2.05, 4.69) is 5.10 Å². The largest absolute Gasteiger partial charge is 0.465 e. The van der Waals surface area contributed by atoms with Crippen LogP contribution in [0.4, 0.5) is 4.79 Å². The third-order valence-corrected chi connectivity index (χ3v) is 3.57. The van der Waals surface area contributed by atoms with Gasteiger partial charge in [-0.2, -0.15) is 5.10 Å². The van der Waals surface area contributed by atoms with Crippen LogP contribution in [0.25, 0.3) is 0 Å². The Morgan fingerprint density at radius 3 is 2.67 bits per heavy atom. The number of esters is 1. The molecule has 0 radical (unpaired) electrons. The predicted octanol–water partition coefficient (Wildman–Crippen LogP) is 0.565. The van der Waals surface area contributed by atoms with Crippen LogP contribution < -0.4 is 0 Å². The molecule has 116 valence electrons. The first-order chi connectivity index (χ1) is 9.93. The number of aliphatic hydroxyl groups is 1. The van der Waals surface area contributed by atoms with Crippen LogP contribution in [-0.4, -0.2) is 62.3 Å². The number of carbonyl (C=O) groups is 2. The topological polar surface area (TPSA) is 105 Å². The van der Waals surface area contributed by atoms with Crippen molar-refractivity contribution < 1.29 is 24.5 Å². The molecule has 1 aromatic heterocycles. The first-order valence-corrected chi connectivity index (χ1v) is 6.83. The van der Waals surface area contributed by atoms with Gasteiger partial charge in [-0.1, -0.05) is 0 Å². The number of carboxylic acid groups (broad SMARTS) is 1. The van der Waals surface area contributed by atoms with Crippen molar-refractivity contribution in [3.63, 3.8) is 0 Å². The third-order valence-electron chi connectivity index (χ3n) is 3.57. The molecule has 21 heavy (non-hydrogen) atoms. The number of aromatic nitrogens is 2. The average Bonchev–Trinajstić information content (AvgIpc) is 2.87. The maximum Gasteiger partial charge on any atom is 0.407 e. The Balaban J connectivity index is 1.95. The number of ether oxygens (including phenoxy) is 1. The fourth-order valence-electron chi connectivity index (χ4n) is 2.34. The minimum absolute atomic E-state index is 0.222. The van der Waals surface area contributed by atoms with Gasteiger partial charge in [0.2, 0.25) is 0 Å². The lowest BCUT2D eigenvalue weighted by atomic mass is 9.91. The lowest BCUT2D eigenvalue weighted by Gasteiger charge is -2.36. The summed E-state index contributed by atoms with van der Waals surface area (Å²) in [5.41, 5.74) is -0.674. The minimum atomic E-state index is -1.01. The molecule has 1 aromatic rings. The standard InChI is InChI=1S/C13H19N3O5/c1-2-21-11(17)10-7-14-16(8-10)9-13(20)3-5-15(6-4-13)12(18)19/h7-8,20H,2-6,9H2,1H3,(H,18,19). The summed E-state index contributed by atoms with van der Waals surface area (Å²) in [4.78, 5) is 23.7. The predicted molar refractivity (Wildman–Crippen MR) is 72.0 cm³/mol. The third kappa shape index (κ3) is 3.72. The molecule has 2 heterocycles. The number of amides is 1. The van der Waals surface area contributed by atoms with Crippen molar-refractivity contribution in [2.75, 3.05) is 19.7 Å². The van der Waals surface area contributed by atoms with Crippen LogP contribution in [0.15, 0.2) is 12.4 Å². The highest BCUT2D eigenvalue weighted by molar-refractivity contribution is 5.88. The zero-order valence-electron chi connectivity index (χ0n) is 11.9. The average molecular weight is 297 g/mol. The molecule has 0 saturated carbocycles. The first-order valence-electron chi connectivity index (χ1n) is 6.83. The number of hydrogen-bond acceptors (Lipinski definition) is 5. The highest BCUT2D eigenvalue weighted by Crippen LogP contribution is 2.24. The Bertz CT molecular complexity index is 520. The summed E-state index contributed by atoms with van der Waals surface area (Å²) in [6.07, 6.45) is 2.63. The molecule has 2 rings (SSSR count). The molecular formula is C13H19N3O5. The summed E-state index contributed by atoms with van der Waals surface area (Å²) < 4.78 is 6.36. The maximum absolute atomic E-state index is 11.5. The maximum atomic E-state index is 11.5. The van der Waals surface area contributed by atoms with Crippen molar-refractivity contribution in [1.82, 2.24) is 14.7 Å². The second-order valence-electron chi connectivity index (χ2n) is 5.14. The van der Waals surface area contributed by atoms with Crippen molar-refractivity contribution in [2.45, 2.75) is 31.9 Å². The molecule has 0 aliphatic carbocycles. The van der Waals surface area contributed by atoms with E-state index in [1.165, 1.54) is 22.0 Å². The van der Waals surface area contributed by atoms with Gasteiger partial charge >= 0.3 is 12.1 Å². The van der Waals surface area contributed by atoms with Gasteiger partial charge in [-0.3, -0.25) is 4.68 Å². The molecule has 0 atom stereocenters. The van der Waals surface area contributed by atoms with E-state index < -0.39 is 17.7 Å². The molecule has 0 spiro atoms. The van der Waals surface area contributed by atoms with Crippen molar-refractivity contribution >= 4 is 12.1 Å². The van der Waals surface area contributed by atoms with Gasteiger partial charge in [-0.05, 0) is 19.8 Å². The summed E-state index contributed by atoms with van der Waals surface area (Å²) in [5, 5.41) is 23.4. The van der Waals surface area contributed by atoms with Gasteiger partial charge in [0.15, 0.2) is 0 Å². The molecule has 1 amide bonds. The zero-order valence-corrected chi connectivity index (χ0v) is 11.9. The van der Waals surface area contributed by atoms with Crippen LogP contribution in [0, 0.1) is 0 Å². The van der Waals surface area contributed by atoms with E-state index in [1.54, 1.807) is 6.92 Å². The van der Waals surface area contributed by atoms with E-state index in [9.17, 15) is 14.7 Å². The molecule has 0 bridgehead atoms. The molecule has 8 nitrogen and oxygen atoms in total. The van der Waals surface area contributed by atoms with E-state index >= 15 is 0 Å². The van der Waals surface area contributed by atoms with E-state index in [0.717, 1.165) is 0 Å². The molecule has 1 saturated heterocycles. The van der Waals surface area contributed by atoms with Gasteiger partial charge in [0.05, 0.1) is 30.5 Å². The van der Waals surface area contributed by atoms with Crippen molar-refractivity contribution in [2.24, 2.45) is 0 Å². The molecule has 1 fully saturated rings. The van der Waals surface area contributed by atoms with Gasteiger partial charge in [0.1, 0.15) is 0 Å². The SMILES string of the molecule is CCOC(=O)c1cnn(CC2(O)CCN(C(=O)O)CC2)c1. The quantitative estimate of drug-likeness (QED) is 0.787. The Kier molecular flexibility index (Phi) is 4.46. The summed E-state index contributed by atoms with van der Waals surface area (Å²) in [6, 6.07) is 0. The number of rotatable bonds is 4. The summed E-state index contributed by atoms with van der Waals surface area (Å²) in [6.45, 7) is 2.82. The van der Waals surface area contributed by atoms with Gasteiger partial charge in [-0.15, -0.1) is 0 Å². The molecule has 1 aliphatic rings. The number of carbonyl (C=O) groups excluding carboxylic acids is 1. The smallest absolute Gasteiger partial charge is 0.407 e. The Morgan fingerprint density at radius 1 is 1.43 bits per heavy atom. The van der Waals surface area contributed by atoms with Crippen LogP contribution in [0.3, 0.4) is 0 Å². The van der Waals surface area contributed by atoms with Crippen molar-refractivity contribution in [3.05, 3.63) is 18.0 Å². The van der Waals surface area contributed by atoms with Crippen molar-refractivity contribution in [1.29, 1.82) is 0 Å². The van der Waals surface area contributed by atoms with Crippen molar-refractivity contribution in [3.8, 4) is 0 Å². The fraction of sp³-hybridized carbons (Fsp3) is 0.615. The number of piperidine rings is 1. The van der Waals surface area contributed by atoms with Crippen LogP contribution in [-0.2, 0) is 11.3 Å². The van der Waals surface area contributed by atoms with Gasteiger partial charge < -0.3 is 19.8 Å². The molecule has 8 heteroatoms. The summed E-state index contributed by atoms with van der Waals surface area (Å²) in [7, 11) is 0. The summed E-state index contributed by atoms with van der Waals surface area (Å²) >= 11 is 0. The van der Waals surface area contributed by atoms with Crippen LogP contribution in [0.2, 0.25) is 0 Å². The van der Waals surface area contributed by atoms with E-state index in [0.29, 0.717) is 25.0 Å². The van der Waals surface area contributed by atoms with E-state index in [4.69, 9.17) is 9.84 Å². The molecule has 0 unspecified atom stereocenters. The Morgan fingerprint density at radius 2 is 2.10 bits per heavy atom. The van der Waals surface area contributed by atoms with E-state index in [-0.39, 0.29) is 19.6 Å². The lowest BCUT2D eigenvalue weighted by Crippen LogP contribution is -2.48. The zero-order chi connectivity index (χ0) is 15.5. The minimum Gasteiger partial charge on any atom is -0.465 e. The van der Waals surface area contributed by atoms with E-state index in [1.807, 2.05) is 0 Å². The second-order valence-corrected chi connectivity index (χ2v) is 5.14. The molecule has 2 N–H and O–H groups in total. The first kappa shape index (κ1) is 15.3. The highest BCUT2D eigenvalue weighted by atomic mass is 16.5. The molecule has 0 aromatic carbocycles. The van der Waals surface area contributed by atoms with Gasteiger partial charge in [0.25, 0.3) is 0 Å². The monoisotopic (exact) mass is 297 g/mol. The molecule has 1 aliphatic heterocycles. The Hall–Kier alpha value is -2.09. The summed E-state index contributed by atoms with van der Waals surface area (Å²) in [5.74, 6) is -0.448. The van der Waals surface area contributed by atoms with Gasteiger partial charge in [0, 0.05) is 19.3 Å². The lowest BCUT2D eigenvalue weighted by molar-refractivity contribution is -0.0320. The second kappa shape index (κ2) is 6.13. The highest BCUT2D eigenvalue weighted by Gasteiger charge is 2.34. The van der Waals surface area contributed by atoms with Gasteiger partial charge in [-0.25, -0.2) is 9.59 Å². The fourth-order valence-corrected chi connectivity index (χ4v) is 2.34. The van der Waals surface area contributed by atoms with Crippen LogP contribution >= 0.6 is 0 Å². The Labute approximate surface area is 121 Å². The van der Waals surface area contributed by atoms with Crippen LogP contribution in [0.5, 0.6) is 0 Å². The number of hydrogen-bond donors (Lipinski definition) is 2.